The van der Waals surface area contributed by atoms with Gasteiger partial charge in [0, 0.05) is 0 Å². The molecular formula is C36H52O3. The molecule has 3 aromatic carbocycles. The van der Waals surface area contributed by atoms with Gasteiger partial charge in [0.1, 0.15) is 17.2 Å². The van der Waals surface area contributed by atoms with E-state index in [0.717, 1.165) is 19.3 Å². The van der Waals surface area contributed by atoms with Crippen molar-refractivity contribution in [2.45, 2.75) is 110 Å². The molecule has 0 unspecified atom stereocenters. The molecule has 3 N–H and O–H groups in total. The van der Waals surface area contributed by atoms with Gasteiger partial charge in [-0.05, 0) is 114 Å². The van der Waals surface area contributed by atoms with E-state index >= 15 is 0 Å². The van der Waals surface area contributed by atoms with Crippen molar-refractivity contribution in [3.8, 4) is 17.2 Å². The van der Waals surface area contributed by atoms with E-state index in [9.17, 15) is 15.3 Å². The second kappa shape index (κ2) is 13.9. The van der Waals surface area contributed by atoms with Crippen LogP contribution >= 0.6 is 0 Å². The summed E-state index contributed by atoms with van der Waals surface area (Å²) < 4.78 is 0. The summed E-state index contributed by atoms with van der Waals surface area (Å²) in [5.41, 5.74) is 4.22. The predicted octanol–water partition coefficient (Wildman–Crippen LogP) is 10.0. The van der Waals surface area contributed by atoms with E-state index in [1.807, 2.05) is 91.8 Å². The SMILES string of the molecule is CC.CC.CC.CC.Oc1ccc(C23CC4CC(c5ccc(O)cc5)(C2)CC(c2ccc(O)cc2)(C4)C3)cc1. The van der Waals surface area contributed by atoms with Crippen molar-refractivity contribution in [3.63, 3.8) is 0 Å². The number of phenols is 3. The summed E-state index contributed by atoms with van der Waals surface area (Å²) in [6, 6.07) is 23.7. The summed E-state index contributed by atoms with van der Waals surface area (Å²) in [5, 5.41) is 29.7. The monoisotopic (exact) mass is 532 g/mol. The lowest BCUT2D eigenvalue weighted by atomic mass is 9.36. The van der Waals surface area contributed by atoms with Gasteiger partial charge in [-0.3, -0.25) is 0 Å². The third-order valence-electron chi connectivity index (χ3n) is 8.51. The van der Waals surface area contributed by atoms with E-state index < -0.39 is 0 Å². The Kier molecular flexibility index (Phi) is 11.5. The fraction of sp³-hybridized carbons (Fsp3) is 0.500. The zero-order valence-electron chi connectivity index (χ0n) is 25.6. The second-order valence-corrected chi connectivity index (χ2v) is 10.5. The summed E-state index contributed by atoms with van der Waals surface area (Å²) in [5.74, 6) is 1.58. The highest BCUT2D eigenvalue weighted by Crippen LogP contribution is 2.70. The maximum absolute atomic E-state index is 9.90. The van der Waals surface area contributed by atoms with E-state index in [-0.39, 0.29) is 16.2 Å². The Bertz CT molecular complexity index is 961. The molecule has 0 spiro atoms. The number of hydrogen-bond acceptors (Lipinski definition) is 3. The first kappa shape index (κ1) is 32.3. The smallest absolute Gasteiger partial charge is 0.115 e. The van der Waals surface area contributed by atoms with Gasteiger partial charge < -0.3 is 15.3 Å². The van der Waals surface area contributed by atoms with Crippen LogP contribution in [-0.2, 0) is 16.2 Å². The predicted molar refractivity (Wildman–Crippen MR) is 166 cm³/mol. The molecule has 3 aromatic rings. The standard InChI is InChI=1S/C28H28O3.4C2H6/c29-23-7-1-20(2-8-23)26-13-19-14-27(16-26,21-3-9-24(30)10-4-21)18-28(15-19,17-26)22-5-11-25(31)12-6-22;4*1-2/h1-12,19,29-31H,13-18H2;4*1-2H3. The van der Waals surface area contributed by atoms with Gasteiger partial charge in [0.2, 0.25) is 0 Å². The molecule has 39 heavy (non-hydrogen) atoms. The van der Waals surface area contributed by atoms with Crippen LogP contribution in [-0.4, -0.2) is 15.3 Å². The van der Waals surface area contributed by atoms with Gasteiger partial charge >= 0.3 is 0 Å². The molecule has 3 heteroatoms. The number of phenolic OH excluding ortho intramolecular Hbond substituents is 3. The van der Waals surface area contributed by atoms with Crippen LogP contribution in [0.1, 0.15) is 111 Å². The van der Waals surface area contributed by atoms with Crippen molar-refractivity contribution in [2.75, 3.05) is 0 Å². The molecule has 0 atom stereocenters. The minimum atomic E-state index is 0.0723. The zero-order valence-corrected chi connectivity index (χ0v) is 25.6. The van der Waals surface area contributed by atoms with Gasteiger partial charge in [-0.25, -0.2) is 0 Å². The highest BCUT2D eigenvalue weighted by atomic mass is 16.3. The Balaban J connectivity index is 0.000000614. The van der Waals surface area contributed by atoms with Crippen molar-refractivity contribution >= 4 is 0 Å². The molecule has 0 saturated heterocycles. The third kappa shape index (κ3) is 6.29. The van der Waals surface area contributed by atoms with Crippen molar-refractivity contribution in [1.29, 1.82) is 0 Å². The van der Waals surface area contributed by atoms with E-state index in [4.69, 9.17) is 0 Å². The molecule has 0 heterocycles. The molecule has 0 aliphatic heterocycles. The summed E-state index contributed by atoms with van der Waals surface area (Å²) >= 11 is 0. The van der Waals surface area contributed by atoms with Gasteiger partial charge in [-0.1, -0.05) is 91.8 Å². The Morgan fingerprint density at radius 1 is 0.410 bits per heavy atom. The summed E-state index contributed by atoms with van der Waals surface area (Å²) in [7, 11) is 0. The largest absolute Gasteiger partial charge is 0.508 e. The highest BCUT2D eigenvalue weighted by molar-refractivity contribution is 5.46. The van der Waals surface area contributed by atoms with Gasteiger partial charge in [0.05, 0.1) is 0 Å². The Morgan fingerprint density at radius 2 is 0.615 bits per heavy atom. The molecular weight excluding hydrogens is 480 g/mol. The average molecular weight is 533 g/mol. The van der Waals surface area contributed by atoms with Crippen molar-refractivity contribution in [3.05, 3.63) is 89.5 Å². The number of aromatic hydroxyl groups is 3. The number of benzene rings is 3. The quantitative estimate of drug-likeness (QED) is 0.314. The first-order chi connectivity index (χ1) is 18.9. The first-order valence-corrected chi connectivity index (χ1v) is 15.3. The van der Waals surface area contributed by atoms with Gasteiger partial charge in [0.25, 0.3) is 0 Å². The molecule has 4 fully saturated rings. The third-order valence-corrected chi connectivity index (χ3v) is 8.51. The number of rotatable bonds is 3. The van der Waals surface area contributed by atoms with E-state index in [1.165, 1.54) is 36.0 Å². The molecule has 4 aliphatic carbocycles. The molecule has 0 radical (unpaired) electrons. The lowest BCUT2D eigenvalue weighted by molar-refractivity contribution is -0.0493. The van der Waals surface area contributed by atoms with Crippen LogP contribution in [0.4, 0.5) is 0 Å². The topological polar surface area (TPSA) is 60.7 Å². The molecule has 214 valence electrons. The van der Waals surface area contributed by atoms with Crippen LogP contribution in [0.2, 0.25) is 0 Å². The summed E-state index contributed by atoms with van der Waals surface area (Å²) in [4.78, 5) is 0. The minimum Gasteiger partial charge on any atom is -0.508 e. The molecule has 3 nitrogen and oxygen atoms in total. The van der Waals surface area contributed by atoms with E-state index in [0.29, 0.717) is 23.2 Å². The maximum atomic E-state index is 9.90. The van der Waals surface area contributed by atoms with Crippen molar-refractivity contribution in [2.24, 2.45) is 5.92 Å². The maximum Gasteiger partial charge on any atom is 0.115 e. The zero-order chi connectivity index (χ0) is 29.3. The van der Waals surface area contributed by atoms with Crippen molar-refractivity contribution < 1.29 is 15.3 Å². The normalized spacial score (nSPS) is 27.2. The van der Waals surface area contributed by atoms with E-state index in [1.54, 1.807) is 0 Å². The van der Waals surface area contributed by atoms with Crippen LogP contribution in [0.15, 0.2) is 72.8 Å². The average Bonchev–Trinajstić information content (AvgIpc) is 2.97. The first-order valence-electron chi connectivity index (χ1n) is 15.3. The Morgan fingerprint density at radius 3 is 0.821 bits per heavy atom. The van der Waals surface area contributed by atoms with Crippen LogP contribution in [0.3, 0.4) is 0 Å². The lowest BCUT2D eigenvalue weighted by Crippen LogP contribution is -2.61. The van der Waals surface area contributed by atoms with Gasteiger partial charge in [-0.2, -0.15) is 0 Å². The molecule has 7 rings (SSSR count). The molecule has 4 saturated carbocycles. The lowest BCUT2D eigenvalue weighted by Gasteiger charge is -2.67. The summed E-state index contributed by atoms with van der Waals surface area (Å²) in [6.45, 7) is 16.0. The van der Waals surface area contributed by atoms with Gasteiger partial charge in [-0.15, -0.1) is 0 Å². The second-order valence-electron chi connectivity index (χ2n) is 10.5. The van der Waals surface area contributed by atoms with Gasteiger partial charge in [0.15, 0.2) is 0 Å². The fourth-order valence-corrected chi connectivity index (χ4v) is 7.85. The van der Waals surface area contributed by atoms with Crippen LogP contribution < -0.4 is 0 Å². The van der Waals surface area contributed by atoms with Crippen LogP contribution in [0.25, 0.3) is 0 Å². The highest BCUT2D eigenvalue weighted by Gasteiger charge is 2.64. The number of hydrogen-bond donors (Lipinski definition) is 3. The molecule has 4 aliphatic rings. The Labute approximate surface area is 238 Å². The van der Waals surface area contributed by atoms with Crippen LogP contribution in [0.5, 0.6) is 17.2 Å². The van der Waals surface area contributed by atoms with Crippen molar-refractivity contribution in [1.82, 2.24) is 0 Å². The minimum absolute atomic E-state index is 0.0723. The molecule has 0 aromatic heterocycles. The summed E-state index contributed by atoms with van der Waals surface area (Å²) in [6.07, 6.45) is 6.88. The van der Waals surface area contributed by atoms with Crippen LogP contribution in [0, 0.1) is 5.92 Å². The molecule has 0 amide bonds. The molecule has 4 bridgehead atoms. The van der Waals surface area contributed by atoms with E-state index in [2.05, 4.69) is 36.4 Å². The Hall–Kier alpha value is -2.94. The fourth-order valence-electron chi connectivity index (χ4n) is 7.85.